The molecule has 0 spiro atoms. The number of benzene rings is 2. The van der Waals surface area contributed by atoms with E-state index in [4.69, 9.17) is 4.74 Å². The quantitative estimate of drug-likeness (QED) is 0.576. The van der Waals surface area contributed by atoms with Crippen LogP contribution in [0.15, 0.2) is 48.5 Å². The van der Waals surface area contributed by atoms with Crippen LogP contribution in [0.4, 0.5) is 0 Å². The van der Waals surface area contributed by atoms with Crippen molar-refractivity contribution in [3.05, 3.63) is 59.9 Å². The summed E-state index contributed by atoms with van der Waals surface area (Å²) in [5.74, 6) is 1.90. The number of carbonyl (C=O) groups excluding carboxylic acids is 1. The minimum absolute atomic E-state index is 0.0157. The maximum absolute atomic E-state index is 12.4. The Morgan fingerprint density at radius 3 is 2.74 bits per heavy atom. The molecule has 5 nitrogen and oxygen atoms in total. The first-order chi connectivity index (χ1) is 13.0. The van der Waals surface area contributed by atoms with E-state index in [-0.39, 0.29) is 17.9 Å². The molecule has 1 unspecified atom stereocenters. The van der Waals surface area contributed by atoms with Gasteiger partial charge in [-0.05, 0) is 49.1 Å². The molecule has 0 radical (unpaired) electrons. The molecule has 3 rings (SSSR count). The highest BCUT2D eigenvalue weighted by Crippen LogP contribution is 2.22. The van der Waals surface area contributed by atoms with Gasteiger partial charge in [-0.25, -0.2) is 4.98 Å². The zero-order valence-electron chi connectivity index (χ0n) is 16.2. The number of aromatic amines is 1. The van der Waals surface area contributed by atoms with Crippen molar-refractivity contribution in [2.24, 2.45) is 5.92 Å². The Hall–Kier alpha value is -2.82. The summed E-state index contributed by atoms with van der Waals surface area (Å²) in [6.45, 7) is 6.72. The molecule has 0 aliphatic carbocycles. The number of hydrogen-bond acceptors (Lipinski definition) is 3. The van der Waals surface area contributed by atoms with Crippen molar-refractivity contribution in [1.82, 2.24) is 15.3 Å². The molecule has 5 heteroatoms. The molecule has 0 aliphatic rings. The molecule has 1 atom stereocenters. The Morgan fingerprint density at radius 2 is 2.00 bits per heavy atom. The van der Waals surface area contributed by atoms with E-state index in [0.29, 0.717) is 19.4 Å². The molecule has 0 bridgehead atoms. The van der Waals surface area contributed by atoms with E-state index < -0.39 is 0 Å². The summed E-state index contributed by atoms with van der Waals surface area (Å²) in [4.78, 5) is 20.4. The van der Waals surface area contributed by atoms with Gasteiger partial charge in [0, 0.05) is 6.42 Å². The average molecular weight is 365 g/mol. The van der Waals surface area contributed by atoms with Crippen LogP contribution in [0.3, 0.4) is 0 Å². The fraction of sp³-hybridized carbons (Fsp3) is 0.364. The van der Waals surface area contributed by atoms with Gasteiger partial charge in [-0.1, -0.05) is 38.1 Å². The van der Waals surface area contributed by atoms with Gasteiger partial charge in [-0.3, -0.25) is 4.79 Å². The fourth-order valence-corrected chi connectivity index (χ4v) is 3.04. The SMILES string of the molecule is Cc1cccc(OCCCC(=O)NC(c2nc3ccccc3[nH]2)C(C)C)c1. The number of nitrogens with one attached hydrogen (secondary N) is 2. The number of fused-ring (bicyclic) bond motifs is 1. The van der Waals surface area contributed by atoms with Crippen LogP contribution in [0, 0.1) is 12.8 Å². The van der Waals surface area contributed by atoms with Crippen molar-refractivity contribution in [2.45, 2.75) is 39.7 Å². The number of ether oxygens (including phenoxy) is 1. The smallest absolute Gasteiger partial charge is 0.220 e. The number of amides is 1. The third-order valence-electron chi connectivity index (χ3n) is 4.49. The molecule has 0 aliphatic heterocycles. The number of hydrogen-bond donors (Lipinski definition) is 2. The second-order valence-electron chi connectivity index (χ2n) is 7.20. The van der Waals surface area contributed by atoms with E-state index in [1.807, 2.05) is 55.5 Å². The predicted molar refractivity (Wildman–Crippen MR) is 108 cm³/mol. The van der Waals surface area contributed by atoms with Gasteiger partial charge in [-0.15, -0.1) is 0 Å². The highest BCUT2D eigenvalue weighted by atomic mass is 16.5. The fourth-order valence-electron chi connectivity index (χ4n) is 3.04. The zero-order valence-corrected chi connectivity index (χ0v) is 16.2. The lowest BCUT2D eigenvalue weighted by Crippen LogP contribution is -2.32. The standard InChI is InChI=1S/C22H27N3O2/c1-15(2)21(22-23-18-10-4-5-11-19(18)24-22)25-20(26)12-7-13-27-17-9-6-8-16(3)14-17/h4-6,8-11,14-15,21H,7,12-13H2,1-3H3,(H,23,24)(H,25,26). The maximum Gasteiger partial charge on any atom is 0.220 e. The van der Waals surface area contributed by atoms with Crippen LogP contribution < -0.4 is 10.1 Å². The van der Waals surface area contributed by atoms with E-state index in [1.165, 1.54) is 0 Å². The highest BCUT2D eigenvalue weighted by molar-refractivity contribution is 5.77. The van der Waals surface area contributed by atoms with Gasteiger partial charge < -0.3 is 15.0 Å². The molecular weight excluding hydrogens is 338 g/mol. The zero-order chi connectivity index (χ0) is 19.2. The van der Waals surface area contributed by atoms with Crippen LogP contribution in [-0.2, 0) is 4.79 Å². The number of aromatic nitrogens is 2. The summed E-state index contributed by atoms with van der Waals surface area (Å²) in [5.41, 5.74) is 3.06. The van der Waals surface area contributed by atoms with Crippen molar-refractivity contribution in [3.8, 4) is 5.75 Å². The lowest BCUT2D eigenvalue weighted by molar-refractivity contribution is -0.122. The molecule has 2 aromatic carbocycles. The monoisotopic (exact) mass is 365 g/mol. The number of rotatable bonds is 8. The molecule has 2 N–H and O–H groups in total. The number of para-hydroxylation sites is 2. The molecule has 0 saturated carbocycles. The number of nitrogens with zero attached hydrogens (tertiary/aromatic N) is 1. The van der Waals surface area contributed by atoms with Gasteiger partial charge in [-0.2, -0.15) is 0 Å². The summed E-state index contributed by atoms with van der Waals surface area (Å²) in [7, 11) is 0. The second kappa shape index (κ2) is 8.71. The Labute approximate surface area is 160 Å². The molecule has 0 fully saturated rings. The normalized spacial score (nSPS) is 12.3. The van der Waals surface area contributed by atoms with Gasteiger partial charge in [0.15, 0.2) is 0 Å². The third kappa shape index (κ3) is 5.09. The van der Waals surface area contributed by atoms with Gasteiger partial charge in [0.05, 0.1) is 23.7 Å². The number of imidazole rings is 1. The molecule has 142 valence electrons. The van der Waals surface area contributed by atoms with Crippen LogP contribution in [-0.4, -0.2) is 22.5 Å². The highest BCUT2D eigenvalue weighted by Gasteiger charge is 2.21. The van der Waals surface area contributed by atoms with Crippen LogP contribution in [0.25, 0.3) is 11.0 Å². The van der Waals surface area contributed by atoms with Crippen LogP contribution in [0.2, 0.25) is 0 Å². The molecule has 0 saturated heterocycles. The first-order valence-corrected chi connectivity index (χ1v) is 9.46. The Balaban J connectivity index is 1.52. The van der Waals surface area contributed by atoms with E-state index in [9.17, 15) is 4.79 Å². The largest absolute Gasteiger partial charge is 0.494 e. The van der Waals surface area contributed by atoms with Crippen molar-refractivity contribution >= 4 is 16.9 Å². The van der Waals surface area contributed by atoms with E-state index in [1.54, 1.807) is 0 Å². The third-order valence-corrected chi connectivity index (χ3v) is 4.49. The Bertz CT molecular complexity index is 868. The summed E-state index contributed by atoms with van der Waals surface area (Å²) in [5, 5.41) is 3.11. The first kappa shape index (κ1) is 19.0. The van der Waals surface area contributed by atoms with Crippen molar-refractivity contribution in [2.75, 3.05) is 6.61 Å². The Kier molecular flexibility index (Phi) is 6.12. The predicted octanol–water partition coefficient (Wildman–Crippen LogP) is 4.54. The number of aryl methyl sites for hydroxylation is 1. The van der Waals surface area contributed by atoms with E-state index in [2.05, 4.69) is 29.1 Å². The van der Waals surface area contributed by atoms with Crippen molar-refractivity contribution in [1.29, 1.82) is 0 Å². The van der Waals surface area contributed by atoms with Crippen LogP contribution >= 0.6 is 0 Å². The van der Waals surface area contributed by atoms with Gasteiger partial charge in [0.2, 0.25) is 5.91 Å². The van der Waals surface area contributed by atoms with Crippen LogP contribution in [0.1, 0.15) is 44.1 Å². The van der Waals surface area contributed by atoms with Crippen LogP contribution in [0.5, 0.6) is 5.75 Å². The first-order valence-electron chi connectivity index (χ1n) is 9.46. The maximum atomic E-state index is 12.4. The molecule has 3 aromatic rings. The lowest BCUT2D eigenvalue weighted by atomic mass is 10.0. The summed E-state index contributed by atoms with van der Waals surface area (Å²) >= 11 is 0. The van der Waals surface area contributed by atoms with Gasteiger partial charge in [0.1, 0.15) is 11.6 Å². The van der Waals surface area contributed by atoms with Crippen molar-refractivity contribution in [3.63, 3.8) is 0 Å². The van der Waals surface area contributed by atoms with Gasteiger partial charge >= 0.3 is 0 Å². The molecule has 1 heterocycles. The van der Waals surface area contributed by atoms with Gasteiger partial charge in [0.25, 0.3) is 0 Å². The van der Waals surface area contributed by atoms with E-state index in [0.717, 1.165) is 28.2 Å². The lowest BCUT2D eigenvalue weighted by Gasteiger charge is -2.20. The Morgan fingerprint density at radius 1 is 1.19 bits per heavy atom. The molecule has 27 heavy (non-hydrogen) atoms. The number of carbonyl (C=O) groups is 1. The second-order valence-corrected chi connectivity index (χ2v) is 7.20. The molecule has 1 amide bonds. The number of H-pyrrole nitrogens is 1. The minimum atomic E-state index is -0.136. The summed E-state index contributed by atoms with van der Waals surface area (Å²) in [6, 6.07) is 15.7. The van der Waals surface area contributed by atoms with Crippen molar-refractivity contribution < 1.29 is 9.53 Å². The van der Waals surface area contributed by atoms with E-state index >= 15 is 0 Å². The topological polar surface area (TPSA) is 67.0 Å². The average Bonchev–Trinajstić information content (AvgIpc) is 3.07. The molecule has 1 aromatic heterocycles. The minimum Gasteiger partial charge on any atom is -0.494 e. The summed E-state index contributed by atoms with van der Waals surface area (Å²) < 4.78 is 5.72. The molecular formula is C22H27N3O2. The summed E-state index contributed by atoms with van der Waals surface area (Å²) in [6.07, 6.45) is 1.10.